The summed E-state index contributed by atoms with van der Waals surface area (Å²) in [5, 5.41) is 12.1. The van der Waals surface area contributed by atoms with E-state index in [1.807, 2.05) is 49.4 Å². The van der Waals surface area contributed by atoms with E-state index in [1.165, 1.54) is 6.08 Å². The molecule has 0 unspecified atom stereocenters. The van der Waals surface area contributed by atoms with E-state index >= 15 is 0 Å². The van der Waals surface area contributed by atoms with Crippen molar-refractivity contribution in [1.82, 2.24) is 0 Å². The van der Waals surface area contributed by atoms with Gasteiger partial charge in [-0.15, -0.1) is 11.8 Å². The largest absolute Gasteiger partial charge is 0.321 e. The quantitative estimate of drug-likeness (QED) is 0.429. The van der Waals surface area contributed by atoms with Crippen LogP contribution in [0, 0.1) is 11.3 Å². The third-order valence-corrected chi connectivity index (χ3v) is 4.67. The molecule has 0 heterocycles. The minimum absolute atomic E-state index is 0.208. The Labute approximate surface area is 151 Å². The van der Waals surface area contributed by atoms with Gasteiger partial charge in [-0.1, -0.05) is 41.9 Å². The fourth-order valence-corrected chi connectivity index (χ4v) is 3.27. The molecule has 0 radical (unpaired) electrons. The number of anilines is 1. The molecule has 5 heteroatoms. The van der Waals surface area contributed by atoms with Crippen molar-refractivity contribution in [2.45, 2.75) is 18.2 Å². The first-order valence-electron chi connectivity index (χ1n) is 7.45. The zero-order chi connectivity index (χ0) is 17.4. The van der Waals surface area contributed by atoms with Gasteiger partial charge in [0.25, 0.3) is 0 Å². The van der Waals surface area contributed by atoms with Crippen molar-refractivity contribution in [3.63, 3.8) is 0 Å². The molecule has 0 spiro atoms. The SMILES string of the molecule is CC(=CC(=O)Nc1ccccc1SCCC#N)c1ccccc1Cl. The summed E-state index contributed by atoms with van der Waals surface area (Å²) in [6.45, 7) is 1.86. The Morgan fingerprint density at radius 2 is 1.96 bits per heavy atom. The van der Waals surface area contributed by atoms with Crippen LogP contribution in [-0.4, -0.2) is 11.7 Å². The van der Waals surface area contributed by atoms with E-state index in [9.17, 15) is 4.79 Å². The predicted octanol–water partition coefficient (Wildman–Crippen LogP) is 5.39. The van der Waals surface area contributed by atoms with E-state index in [1.54, 1.807) is 17.8 Å². The van der Waals surface area contributed by atoms with E-state index in [2.05, 4.69) is 11.4 Å². The molecule has 0 aliphatic rings. The number of halogens is 1. The third kappa shape index (κ3) is 5.16. The molecule has 0 bridgehead atoms. The van der Waals surface area contributed by atoms with Gasteiger partial charge in [-0.05, 0) is 36.3 Å². The second-order valence-electron chi connectivity index (χ2n) is 5.05. The fraction of sp³-hybridized carbons (Fsp3) is 0.158. The van der Waals surface area contributed by atoms with Crippen LogP contribution >= 0.6 is 23.4 Å². The lowest BCUT2D eigenvalue weighted by Gasteiger charge is -2.09. The first-order valence-corrected chi connectivity index (χ1v) is 8.81. The van der Waals surface area contributed by atoms with Crippen molar-refractivity contribution in [3.8, 4) is 6.07 Å². The van der Waals surface area contributed by atoms with Gasteiger partial charge in [0.2, 0.25) is 5.91 Å². The maximum Gasteiger partial charge on any atom is 0.248 e. The number of hydrogen-bond acceptors (Lipinski definition) is 3. The summed E-state index contributed by atoms with van der Waals surface area (Å²) in [6.07, 6.45) is 2.01. The Hall–Kier alpha value is -2.22. The number of amides is 1. The number of carbonyl (C=O) groups excluding carboxylic acids is 1. The minimum Gasteiger partial charge on any atom is -0.321 e. The molecule has 24 heavy (non-hydrogen) atoms. The lowest BCUT2D eigenvalue weighted by atomic mass is 10.1. The Bertz CT molecular complexity index is 796. The van der Waals surface area contributed by atoms with Crippen LogP contribution in [0.1, 0.15) is 18.9 Å². The molecular formula is C19H17ClN2OS. The molecule has 0 aromatic heterocycles. The maximum atomic E-state index is 12.3. The van der Waals surface area contributed by atoms with Crippen LogP contribution in [-0.2, 0) is 4.79 Å². The molecule has 0 saturated heterocycles. The van der Waals surface area contributed by atoms with Crippen LogP contribution in [0.3, 0.4) is 0 Å². The molecule has 0 aliphatic heterocycles. The van der Waals surface area contributed by atoms with Crippen LogP contribution < -0.4 is 5.32 Å². The summed E-state index contributed by atoms with van der Waals surface area (Å²) < 4.78 is 0. The molecule has 0 aliphatic carbocycles. The fourth-order valence-electron chi connectivity index (χ4n) is 2.13. The van der Waals surface area contributed by atoms with Gasteiger partial charge in [-0.25, -0.2) is 0 Å². The van der Waals surface area contributed by atoms with Gasteiger partial charge in [-0.3, -0.25) is 4.79 Å². The van der Waals surface area contributed by atoms with Crippen molar-refractivity contribution in [3.05, 3.63) is 65.2 Å². The third-order valence-electron chi connectivity index (χ3n) is 3.26. The number of carbonyl (C=O) groups is 1. The van der Waals surface area contributed by atoms with E-state index in [0.717, 1.165) is 21.7 Å². The zero-order valence-electron chi connectivity index (χ0n) is 13.3. The van der Waals surface area contributed by atoms with E-state index in [4.69, 9.17) is 16.9 Å². The molecule has 1 amide bonds. The topological polar surface area (TPSA) is 52.9 Å². The Balaban J connectivity index is 2.11. The van der Waals surface area contributed by atoms with Crippen LogP contribution in [0.25, 0.3) is 5.57 Å². The highest BCUT2D eigenvalue weighted by Gasteiger charge is 2.07. The number of thioether (sulfide) groups is 1. The number of allylic oxidation sites excluding steroid dienone is 1. The van der Waals surface area contributed by atoms with Gasteiger partial charge >= 0.3 is 0 Å². The van der Waals surface area contributed by atoms with Gasteiger partial charge < -0.3 is 5.32 Å². The highest BCUT2D eigenvalue weighted by molar-refractivity contribution is 7.99. The summed E-state index contributed by atoms with van der Waals surface area (Å²) >= 11 is 7.71. The minimum atomic E-state index is -0.208. The van der Waals surface area contributed by atoms with Gasteiger partial charge in [0.05, 0.1) is 11.8 Å². The summed E-state index contributed by atoms with van der Waals surface area (Å²) in [6, 6.07) is 17.1. The van der Waals surface area contributed by atoms with Crippen molar-refractivity contribution >= 4 is 40.5 Å². The van der Waals surface area contributed by atoms with E-state index < -0.39 is 0 Å². The highest BCUT2D eigenvalue weighted by atomic mass is 35.5. The van der Waals surface area contributed by atoms with Gasteiger partial charge in [0.15, 0.2) is 0 Å². The molecule has 122 valence electrons. The van der Waals surface area contributed by atoms with E-state index in [-0.39, 0.29) is 5.91 Å². The Morgan fingerprint density at radius 1 is 1.25 bits per heavy atom. The van der Waals surface area contributed by atoms with Crippen molar-refractivity contribution in [1.29, 1.82) is 5.26 Å². The monoisotopic (exact) mass is 356 g/mol. The summed E-state index contributed by atoms with van der Waals surface area (Å²) in [5.74, 6) is 0.485. The predicted molar refractivity (Wildman–Crippen MR) is 101 cm³/mol. The Kier molecular flexibility index (Phi) is 6.92. The van der Waals surface area contributed by atoms with Crippen molar-refractivity contribution < 1.29 is 4.79 Å². The number of nitrogens with zero attached hydrogens (tertiary/aromatic N) is 1. The van der Waals surface area contributed by atoms with Crippen LogP contribution in [0.5, 0.6) is 0 Å². The molecule has 2 aromatic rings. The number of benzene rings is 2. The molecule has 0 saturated carbocycles. The lowest BCUT2D eigenvalue weighted by molar-refractivity contribution is -0.111. The Morgan fingerprint density at radius 3 is 2.71 bits per heavy atom. The van der Waals surface area contributed by atoms with E-state index in [0.29, 0.717) is 17.2 Å². The summed E-state index contributed by atoms with van der Waals surface area (Å²) in [7, 11) is 0. The molecular weight excluding hydrogens is 340 g/mol. The number of nitrogens with one attached hydrogen (secondary N) is 1. The van der Waals surface area contributed by atoms with Crippen molar-refractivity contribution in [2.75, 3.05) is 11.1 Å². The second-order valence-corrected chi connectivity index (χ2v) is 6.59. The average Bonchev–Trinajstić information content (AvgIpc) is 2.57. The van der Waals surface area contributed by atoms with Gasteiger partial charge in [0, 0.05) is 28.2 Å². The smallest absolute Gasteiger partial charge is 0.248 e. The molecule has 2 rings (SSSR count). The first-order chi connectivity index (χ1) is 11.6. The molecule has 3 nitrogen and oxygen atoms in total. The molecule has 2 aromatic carbocycles. The molecule has 0 fully saturated rings. The summed E-state index contributed by atoms with van der Waals surface area (Å²) in [5.41, 5.74) is 2.38. The standard InChI is InChI=1S/C19H17ClN2OS/c1-14(15-7-2-3-8-16(15)20)13-19(23)22-17-9-4-5-10-18(17)24-12-6-11-21/h2-5,7-10,13H,6,12H2,1H3,(H,22,23). The van der Waals surface area contributed by atoms with Crippen LogP contribution in [0.2, 0.25) is 5.02 Å². The summed E-state index contributed by atoms with van der Waals surface area (Å²) in [4.78, 5) is 13.2. The number of para-hydroxylation sites is 1. The van der Waals surface area contributed by atoms with Crippen LogP contribution in [0.15, 0.2) is 59.5 Å². The average molecular weight is 357 g/mol. The molecule has 1 N–H and O–H groups in total. The van der Waals surface area contributed by atoms with Crippen molar-refractivity contribution in [2.24, 2.45) is 0 Å². The lowest BCUT2D eigenvalue weighted by Crippen LogP contribution is -2.09. The second kappa shape index (κ2) is 9.17. The maximum absolute atomic E-state index is 12.3. The first kappa shape index (κ1) is 18.1. The van der Waals surface area contributed by atoms with Gasteiger partial charge in [0.1, 0.15) is 0 Å². The normalized spacial score (nSPS) is 11.0. The molecule has 0 atom stereocenters. The number of hydrogen-bond donors (Lipinski definition) is 1. The number of rotatable bonds is 6. The van der Waals surface area contributed by atoms with Gasteiger partial charge in [-0.2, -0.15) is 5.26 Å². The van der Waals surface area contributed by atoms with Crippen LogP contribution in [0.4, 0.5) is 5.69 Å². The zero-order valence-corrected chi connectivity index (χ0v) is 14.8. The number of nitriles is 1. The highest BCUT2D eigenvalue weighted by Crippen LogP contribution is 2.28.